The minimum Gasteiger partial charge on any atom is -0.359 e. The molecule has 0 bridgehead atoms. The molecule has 1 N–H and O–H groups in total. The Morgan fingerprint density at radius 2 is 2.11 bits per heavy atom. The molecule has 100 valence electrons. The van der Waals surface area contributed by atoms with Crippen LogP contribution in [-0.4, -0.2) is 25.0 Å². The van der Waals surface area contributed by atoms with Crippen LogP contribution in [0.4, 0.5) is 18.3 Å². The van der Waals surface area contributed by atoms with E-state index in [1.807, 2.05) is 0 Å². The van der Waals surface area contributed by atoms with Gasteiger partial charge in [0.15, 0.2) is 5.13 Å². The molecule has 0 spiro atoms. The first-order valence-corrected chi connectivity index (χ1v) is 7.42. The molecule has 0 amide bonds. The van der Waals surface area contributed by atoms with Crippen molar-refractivity contribution in [3.05, 3.63) is 16.5 Å². The van der Waals surface area contributed by atoms with Crippen molar-refractivity contribution in [1.29, 1.82) is 0 Å². The lowest BCUT2D eigenvalue weighted by molar-refractivity contribution is -0.0423. The fourth-order valence-electron chi connectivity index (χ4n) is 1.07. The van der Waals surface area contributed by atoms with Gasteiger partial charge in [-0.15, -0.1) is 11.3 Å². The van der Waals surface area contributed by atoms with E-state index < -0.39 is 15.3 Å². The van der Waals surface area contributed by atoms with Gasteiger partial charge in [-0.3, -0.25) is 0 Å². The van der Waals surface area contributed by atoms with E-state index >= 15 is 0 Å². The van der Waals surface area contributed by atoms with E-state index in [9.17, 15) is 21.6 Å². The van der Waals surface area contributed by atoms with Crippen LogP contribution in [-0.2, 0) is 9.84 Å². The molecule has 1 aromatic rings. The Balaban J connectivity index is 2.06. The molecule has 0 aromatic carbocycles. The van der Waals surface area contributed by atoms with Crippen LogP contribution in [0.5, 0.6) is 0 Å². The van der Waals surface area contributed by atoms with Crippen molar-refractivity contribution >= 4 is 32.4 Å². The van der Waals surface area contributed by atoms with E-state index in [0.29, 0.717) is 11.2 Å². The van der Waals surface area contributed by atoms with Gasteiger partial charge in [0.2, 0.25) is 0 Å². The first-order valence-electron chi connectivity index (χ1n) is 4.99. The first kappa shape index (κ1) is 13.3. The zero-order chi connectivity index (χ0) is 13.4. The van der Waals surface area contributed by atoms with E-state index in [-0.39, 0.29) is 11.1 Å². The molecule has 1 heterocycles. The molecular weight excluding hydrogens is 289 g/mol. The van der Waals surface area contributed by atoms with Gasteiger partial charge in [0.05, 0.1) is 5.69 Å². The monoisotopic (exact) mass is 298 g/mol. The number of thiazole rings is 1. The molecule has 0 radical (unpaired) electrons. The number of alkyl halides is 3. The highest BCUT2D eigenvalue weighted by Gasteiger charge is 2.43. The summed E-state index contributed by atoms with van der Waals surface area (Å²) in [5.41, 5.74) is -5.08. The summed E-state index contributed by atoms with van der Waals surface area (Å²) < 4.78 is 57.7. The summed E-state index contributed by atoms with van der Waals surface area (Å²) in [7, 11) is -5.23. The smallest absolute Gasteiger partial charge is 0.359 e. The molecule has 1 aliphatic carbocycles. The number of aromatic nitrogens is 1. The summed E-state index contributed by atoms with van der Waals surface area (Å²) >= 11 is 1.23. The summed E-state index contributed by atoms with van der Waals surface area (Å²) in [6.45, 7) is 0. The first-order chi connectivity index (χ1) is 8.28. The van der Waals surface area contributed by atoms with Crippen LogP contribution in [0.1, 0.15) is 18.5 Å². The third kappa shape index (κ3) is 3.22. The Labute approximate surface area is 105 Å². The van der Waals surface area contributed by atoms with Gasteiger partial charge in [0.1, 0.15) is 0 Å². The Morgan fingerprint density at radius 3 is 2.67 bits per heavy atom. The van der Waals surface area contributed by atoms with Crippen molar-refractivity contribution in [3.63, 3.8) is 0 Å². The molecule has 1 saturated carbocycles. The Bertz CT molecular complexity index is 559. The van der Waals surface area contributed by atoms with E-state index in [1.165, 1.54) is 16.7 Å². The van der Waals surface area contributed by atoms with E-state index in [2.05, 4.69) is 10.3 Å². The maximum Gasteiger partial charge on any atom is 0.501 e. The van der Waals surface area contributed by atoms with Crippen LogP contribution in [0.15, 0.2) is 10.8 Å². The lowest BCUT2D eigenvalue weighted by atomic mass is 10.5. The molecule has 18 heavy (non-hydrogen) atoms. The van der Waals surface area contributed by atoms with Gasteiger partial charge in [0.25, 0.3) is 9.84 Å². The topological polar surface area (TPSA) is 59.1 Å². The molecule has 2 rings (SSSR count). The number of nitrogens with one attached hydrogen (secondary N) is 1. The number of rotatable bonds is 4. The Hall–Kier alpha value is -1.09. The second-order valence-corrected chi connectivity index (χ2v) is 6.47. The minimum atomic E-state index is -5.27. The fourth-order valence-corrected chi connectivity index (χ4v) is 2.30. The highest BCUT2D eigenvalue weighted by molar-refractivity contribution is 7.95. The molecule has 9 heteroatoms. The zero-order valence-corrected chi connectivity index (χ0v) is 10.6. The maximum absolute atomic E-state index is 12.1. The van der Waals surface area contributed by atoms with Crippen LogP contribution < -0.4 is 5.32 Å². The molecular formula is C9H9F3N2O2S2. The fraction of sp³-hybridized carbons (Fsp3) is 0.444. The van der Waals surface area contributed by atoms with Crippen molar-refractivity contribution in [1.82, 2.24) is 4.98 Å². The van der Waals surface area contributed by atoms with Crippen LogP contribution in [0, 0.1) is 0 Å². The van der Waals surface area contributed by atoms with Crippen molar-refractivity contribution < 1.29 is 21.6 Å². The Morgan fingerprint density at radius 1 is 1.44 bits per heavy atom. The number of sulfone groups is 1. The van der Waals surface area contributed by atoms with Crippen LogP contribution >= 0.6 is 11.3 Å². The minimum absolute atomic E-state index is 0.128. The van der Waals surface area contributed by atoms with Crippen LogP contribution in [0.3, 0.4) is 0 Å². The quantitative estimate of drug-likeness (QED) is 0.928. The molecule has 1 aliphatic rings. The third-order valence-electron chi connectivity index (χ3n) is 2.17. The highest BCUT2D eigenvalue weighted by atomic mass is 32.2. The lowest BCUT2D eigenvalue weighted by Crippen LogP contribution is -2.20. The predicted molar refractivity (Wildman–Crippen MR) is 62.8 cm³/mol. The van der Waals surface area contributed by atoms with Gasteiger partial charge in [0, 0.05) is 16.8 Å². The molecule has 0 unspecified atom stereocenters. The summed E-state index contributed by atoms with van der Waals surface area (Å²) in [6, 6.07) is 0.381. The molecule has 0 saturated heterocycles. The average molecular weight is 298 g/mol. The molecule has 0 atom stereocenters. The van der Waals surface area contributed by atoms with Gasteiger partial charge in [-0.25, -0.2) is 13.4 Å². The summed E-state index contributed by atoms with van der Waals surface area (Å²) in [5, 5.41) is 5.27. The van der Waals surface area contributed by atoms with Gasteiger partial charge < -0.3 is 5.32 Å². The Kier molecular flexibility index (Phi) is 3.37. The normalized spacial score (nSPS) is 17.3. The number of anilines is 1. The molecule has 1 aromatic heterocycles. The number of nitrogens with zero attached hydrogens (tertiary/aromatic N) is 1. The third-order valence-corrected chi connectivity index (χ3v) is 4.10. The highest BCUT2D eigenvalue weighted by Crippen LogP contribution is 2.28. The van der Waals surface area contributed by atoms with Crippen LogP contribution in [0.2, 0.25) is 0 Å². The van der Waals surface area contributed by atoms with Gasteiger partial charge >= 0.3 is 5.51 Å². The van der Waals surface area contributed by atoms with Gasteiger partial charge in [-0.2, -0.15) is 13.2 Å². The second kappa shape index (κ2) is 4.54. The number of hydrogen-bond acceptors (Lipinski definition) is 5. The predicted octanol–water partition coefficient (Wildman–Crippen LogP) is 2.62. The van der Waals surface area contributed by atoms with Crippen LogP contribution in [0.25, 0.3) is 6.08 Å². The van der Waals surface area contributed by atoms with Crippen molar-refractivity contribution in [2.75, 3.05) is 5.32 Å². The standard InChI is InChI=1S/C9H9F3N2O2S2/c10-9(11,12)18(15,16)4-3-7-5-17-8(14-7)13-6-1-2-6/h3-6H,1-2H2,(H,13,14)/b4-3+. The van der Waals surface area contributed by atoms with Gasteiger partial charge in [-0.1, -0.05) is 0 Å². The SMILES string of the molecule is O=S(=O)(/C=C/c1csc(NC2CC2)n1)C(F)(F)F. The molecule has 1 fully saturated rings. The van der Waals surface area contributed by atoms with E-state index in [1.54, 1.807) is 0 Å². The van der Waals surface area contributed by atoms with Gasteiger partial charge in [-0.05, 0) is 18.9 Å². The zero-order valence-electron chi connectivity index (χ0n) is 8.94. The summed E-state index contributed by atoms with van der Waals surface area (Å²) in [6.07, 6.45) is 2.94. The average Bonchev–Trinajstić information content (AvgIpc) is 2.92. The largest absolute Gasteiger partial charge is 0.501 e. The summed E-state index contributed by atoms with van der Waals surface area (Å²) in [5.74, 6) is 0. The number of hydrogen-bond donors (Lipinski definition) is 1. The second-order valence-electron chi connectivity index (χ2n) is 3.79. The van der Waals surface area contributed by atoms with Crippen molar-refractivity contribution in [2.45, 2.75) is 24.4 Å². The number of halogens is 3. The lowest BCUT2D eigenvalue weighted by Gasteiger charge is -2.01. The molecule has 0 aliphatic heterocycles. The van der Waals surface area contributed by atoms with Crippen molar-refractivity contribution in [2.24, 2.45) is 0 Å². The molecule has 4 nitrogen and oxygen atoms in total. The van der Waals surface area contributed by atoms with E-state index in [4.69, 9.17) is 0 Å². The van der Waals surface area contributed by atoms with E-state index in [0.717, 1.165) is 18.9 Å². The maximum atomic E-state index is 12.1. The summed E-state index contributed by atoms with van der Waals surface area (Å²) in [4.78, 5) is 3.96. The van der Waals surface area contributed by atoms with Crippen molar-refractivity contribution in [3.8, 4) is 0 Å².